The lowest BCUT2D eigenvalue weighted by Gasteiger charge is -1.97. The molecule has 0 saturated heterocycles. The molecule has 0 saturated carbocycles. The van der Waals surface area contributed by atoms with Crippen LogP contribution in [0.5, 0.6) is 5.75 Å². The van der Waals surface area contributed by atoms with Crippen LogP contribution >= 0.6 is 0 Å². The maximum Gasteiger partial charge on any atom is 0.211 e. The Kier molecular flexibility index (Phi) is 2.01. The molecule has 1 aromatic heterocycles. The minimum Gasteiger partial charge on any atom is -0.508 e. The third-order valence-corrected chi connectivity index (χ3v) is 2.81. The Balaban J connectivity index is 2.31. The number of phenolic OH excluding ortho intramolecular Hbond substituents is 1. The van der Waals surface area contributed by atoms with E-state index in [2.05, 4.69) is 10.3 Å². The van der Waals surface area contributed by atoms with Gasteiger partial charge in [-0.2, -0.15) is 0 Å². The Hall–Kier alpha value is -2.49. The van der Waals surface area contributed by atoms with E-state index in [1.165, 1.54) is 0 Å². The summed E-state index contributed by atoms with van der Waals surface area (Å²) in [7, 11) is 0. The number of hydrogen-bond acceptors (Lipinski definition) is 2. The number of carbonyl (C=O) groups is 1. The highest BCUT2D eigenvalue weighted by molar-refractivity contribution is 6.08. The van der Waals surface area contributed by atoms with Crippen molar-refractivity contribution in [3.05, 3.63) is 36.4 Å². The van der Waals surface area contributed by atoms with Crippen molar-refractivity contribution in [3.8, 4) is 5.75 Å². The maximum atomic E-state index is 10.4. The van der Waals surface area contributed by atoms with Crippen LogP contribution < -0.4 is 5.32 Å². The van der Waals surface area contributed by atoms with Crippen LogP contribution in [-0.4, -0.2) is 16.5 Å². The fraction of sp³-hybridized carbons (Fsp3) is 0. The Morgan fingerprint density at radius 3 is 2.53 bits per heavy atom. The molecule has 84 valence electrons. The first kappa shape index (κ1) is 9.72. The smallest absolute Gasteiger partial charge is 0.211 e. The van der Waals surface area contributed by atoms with E-state index in [0.717, 1.165) is 27.5 Å². The van der Waals surface area contributed by atoms with Crippen LogP contribution in [0.15, 0.2) is 36.4 Å². The van der Waals surface area contributed by atoms with E-state index >= 15 is 0 Å². The minimum absolute atomic E-state index is 0.232. The summed E-state index contributed by atoms with van der Waals surface area (Å²) < 4.78 is 0. The van der Waals surface area contributed by atoms with Gasteiger partial charge in [-0.3, -0.25) is 4.79 Å². The summed E-state index contributed by atoms with van der Waals surface area (Å²) in [6, 6.07) is 10.9. The second-order valence-electron chi connectivity index (χ2n) is 3.88. The van der Waals surface area contributed by atoms with Gasteiger partial charge in [0.2, 0.25) is 6.41 Å². The summed E-state index contributed by atoms with van der Waals surface area (Å²) in [6.07, 6.45) is 0.648. The highest BCUT2D eigenvalue weighted by Crippen LogP contribution is 2.29. The van der Waals surface area contributed by atoms with Gasteiger partial charge in [0.1, 0.15) is 5.75 Å². The van der Waals surface area contributed by atoms with Crippen LogP contribution in [-0.2, 0) is 4.79 Å². The number of amides is 1. The molecule has 0 aliphatic rings. The van der Waals surface area contributed by atoms with Gasteiger partial charge >= 0.3 is 0 Å². The summed E-state index contributed by atoms with van der Waals surface area (Å²) in [5.74, 6) is 0.232. The molecule has 0 aliphatic heterocycles. The number of fused-ring (bicyclic) bond motifs is 3. The van der Waals surface area contributed by atoms with Crippen LogP contribution in [0.2, 0.25) is 0 Å². The van der Waals surface area contributed by atoms with Crippen molar-refractivity contribution in [3.63, 3.8) is 0 Å². The van der Waals surface area contributed by atoms with Gasteiger partial charge in [0.25, 0.3) is 0 Å². The third-order valence-electron chi connectivity index (χ3n) is 2.81. The Bertz CT molecular complexity index is 716. The van der Waals surface area contributed by atoms with Crippen molar-refractivity contribution in [1.29, 1.82) is 0 Å². The molecule has 0 bridgehead atoms. The largest absolute Gasteiger partial charge is 0.508 e. The number of anilines is 1. The number of nitrogens with one attached hydrogen (secondary N) is 2. The molecule has 4 nitrogen and oxygen atoms in total. The molecule has 1 amide bonds. The van der Waals surface area contributed by atoms with Gasteiger partial charge < -0.3 is 15.4 Å². The van der Waals surface area contributed by atoms with Gasteiger partial charge in [0.05, 0.1) is 5.52 Å². The Labute approximate surface area is 96.9 Å². The van der Waals surface area contributed by atoms with Crippen molar-refractivity contribution in [1.82, 2.24) is 4.98 Å². The number of H-pyrrole nitrogens is 1. The monoisotopic (exact) mass is 226 g/mol. The first-order chi connectivity index (χ1) is 8.28. The predicted octanol–water partition coefficient (Wildman–Crippen LogP) is 2.59. The maximum absolute atomic E-state index is 10.4. The van der Waals surface area contributed by atoms with Gasteiger partial charge in [0.15, 0.2) is 0 Å². The summed E-state index contributed by atoms with van der Waals surface area (Å²) in [4.78, 5) is 13.6. The number of rotatable bonds is 2. The Morgan fingerprint density at radius 2 is 1.76 bits per heavy atom. The van der Waals surface area contributed by atoms with Gasteiger partial charge in [-0.05, 0) is 24.3 Å². The zero-order valence-electron chi connectivity index (χ0n) is 8.90. The quantitative estimate of drug-likeness (QED) is 0.588. The first-order valence-electron chi connectivity index (χ1n) is 5.22. The SMILES string of the molecule is O=CNc1ccc2c(c1)[nH]c1cc(O)ccc12. The van der Waals surface area contributed by atoms with E-state index in [1.54, 1.807) is 12.1 Å². The summed E-state index contributed by atoms with van der Waals surface area (Å²) >= 11 is 0. The van der Waals surface area contributed by atoms with Crippen LogP contribution in [0.3, 0.4) is 0 Å². The molecule has 3 N–H and O–H groups in total. The second kappa shape index (κ2) is 3.52. The van der Waals surface area contributed by atoms with Crippen molar-refractivity contribution in [2.45, 2.75) is 0 Å². The predicted molar refractivity (Wildman–Crippen MR) is 67.2 cm³/mol. The fourth-order valence-corrected chi connectivity index (χ4v) is 2.06. The summed E-state index contributed by atoms with van der Waals surface area (Å²) in [5, 5.41) is 14.1. The van der Waals surface area contributed by atoms with Gasteiger partial charge in [-0.15, -0.1) is 0 Å². The summed E-state index contributed by atoms with van der Waals surface area (Å²) in [6.45, 7) is 0. The van der Waals surface area contributed by atoms with E-state index < -0.39 is 0 Å². The normalized spacial score (nSPS) is 10.8. The van der Waals surface area contributed by atoms with Crippen LogP contribution in [0, 0.1) is 0 Å². The number of hydrogen-bond donors (Lipinski definition) is 3. The van der Waals surface area contributed by atoms with Gasteiger partial charge in [-0.25, -0.2) is 0 Å². The average Bonchev–Trinajstić information content (AvgIpc) is 2.65. The molecular formula is C13H10N2O2. The first-order valence-corrected chi connectivity index (χ1v) is 5.22. The summed E-state index contributed by atoms with van der Waals surface area (Å²) in [5.41, 5.74) is 2.55. The lowest BCUT2D eigenvalue weighted by Crippen LogP contribution is -1.92. The molecule has 0 spiro atoms. The highest BCUT2D eigenvalue weighted by Gasteiger charge is 2.05. The molecule has 0 radical (unpaired) electrons. The zero-order chi connectivity index (χ0) is 11.8. The minimum atomic E-state index is 0.232. The number of aromatic nitrogens is 1. The third kappa shape index (κ3) is 1.50. The number of aromatic hydroxyl groups is 1. The molecule has 0 fully saturated rings. The lowest BCUT2D eigenvalue weighted by molar-refractivity contribution is -0.105. The molecular weight excluding hydrogens is 216 g/mol. The van der Waals surface area contributed by atoms with E-state index in [1.807, 2.05) is 24.3 Å². The molecule has 17 heavy (non-hydrogen) atoms. The van der Waals surface area contributed by atoms with E-state index in [0.29, 0.717) is 6.41 Å². The highest BCUT2D eigenvalue weighted by atomic mass is 16.3. The molecule has 0 aliphatic carbocycles. The number of carbonyl (C=O) groups excluding carboxylic acids is 1. The van der Waals surface area contributed by atoms with E-state index in [4.69, 9.17) is 0 Å². The fourth-order valence-electron chi connectivity index (χ4n) is 2.06. The van der Waals surface area contributed by atoms with Crippen molar-refractivity contribution >= 4 is 33.9 Å². The topological polar surface area (TPSA) is 65.1 Å². The molecule has 2 aromatic carbocycles. The van der Waals surface area contributed by atoms with Crippen molar-refractivity contribution in [2.24, 2.45) is 0 Å². The average molecular weight is 226 g/mol. The number of aromatic amines is 1. The van der Waals surface area contributed by atoms with Gasteiger partial charge in [0, 0.05) is 28.0 Å². The van der Waals surface area contributed by atoms with E-state index in [-0.39, 0.29) is 5.75 Å². The van der Waals surface area contributed by atoms with Crippen LogP contribution in [0.25, 0.3) is 21.8 Å². The standard InChI is InChI=1S/C13H10N2O2/c16-7-14-8-1-3-10-11-4-2-9(17)6-13(11)15-12(10)5-8/h1-7,15,17H,(H,14,16). The lowest BCUT2D eigenvalue weighted by atomic mass is 10.1. The molecule has 1 heterocycles. The molecule has 4 heteroatoms. The van der Waals surface area contributed by atoms with Crippen molar-refractivity contribution < 1.29 is 9.90 Å². The second-order valence-corrected chi connectivity index (χ2v) is 3.88. The van der Waals surface area contributed by atoms with Crippen LogP contribution in [0.4, 0.5) is 5.69 Å². The van der Waals surface area contributed by atoms with Gasteiger partial charge in [-0.1, -0.05) is 6.07 Å². The molecule has 0 atom stereocenters. The molecule has 0 unspecified atom stereocenters. The number of phenols is 1. The number of benzene rings is 2. The molecule has 3 rings (SSSR count). The van der Waals surface area contributed by atoms with Crippen molar-refractivity contribution in [2.75, 3.05) is 5.32 Å². The van der Waals surface area contributed by atoms with Crippen LogP contribution in [0.1, 0.15) is 0 Å². The zero-order valence-corrected chi connectivity index (χ0v) is 8.90. The Morgan fingerprint density at radius 1 is 1.06 bits per heavy atom. The molecule has 3 aromatic rings. The van der Waals surface area contributed by atoms with E-state index in [9.17, 15) is 9.90 Å².